The number of rotatable bonds is 2. The van der Waals surface area contributed by atoms with Crippen LogP contribution in [0.2, 0.25) is 13.1 Å². The molecule has 0 saturated carbocycles. The van der Waals surface area contributed by atoms with Gasteiger partial charge in [-0.05, 0) is 23.8 Å². The molecule has 0 N–H and O–H groups in total. The van der Waals surface area contributed by atoms with E-state index in [1.54, 1.807) is 0 Å². The van der Waals surface area contributed by atoms with Crippen LogP contribution in [0, 0.1) is 0 Å². The van der Waals surface area contributed by atoms with E-state index in [4.69, 9.17) is 11.1 Å². The van der Waals surface area contributed by atoms with Crippen LogP contribution in [0.15, 0.2) is 48.8 Å². The Bertz CT molecular complexity index is 593. The van der Waals surface area contributed by atoms with E-state index in [1.165, 1.54) is 16.8 Å². The van der Waals surface area contributed by atoms with Crippen molar-refractivity contribution in [3.05, 3.63) is 59.9 Å². The number of hydrogen-bond acceptors (Lipinski definition) is 0. The molecule has 92 valence electrons. The van der Waals surface area contributed by atoms with E-state index in [-0.39, 0.29) is 0 Å². The van der Waals surface area contributed by atoms with Gasteiger partial charge < -0.3 is 4.57 Å². The summed E-state index contributed by atoms with van der Waals surface area (Å²) in [5, 5.41) is 0. The number of halogens is 1. The molecule has 1 heterocycles. The Morgan fingerprint density at radius 2 is 1.83 bits per heavy atom. The summed E-state index contributed by atoms with van der Waals surface area (Å²) in [6.45, 7) is 4.42. The zero-order valence-corrected chi connectivity index (χ0v) is 12.4. The molecule has 1 atom stereocenters. The Balaban J connectivity index is 2.14. The molecule has 0 radical (unpaired) electrons. The van der Waals surface area contributed by atoms with Crippen LogP contribution < -0.4 is 0 Å². The fraction of sp³-hybridized carbons (Fsp3) is 0.200. The molecule has 3 heteroatoms. The Labute approximate surface area is 113 Å². The summed E-state index contributed by atoms with van der Waals surface area (Å²) >= 11 is 6.63. The number of fused-ring (bicyclic) bond motifs is 1. The maximum absolute atomic E-state index is 6.63. The standard InChI is InChI=1S/C15H16ClNSi/c1-18(2,16)15-9-8-12-13(15)6-5-7-14(12)17-10-3-4-11-17/h3-11,15H,1-2H3. The smallest absolute Gasteiger partial charge is 0.161 e. The van der Waals surface area contributed by atoms with Crippen molar-refractivity contribution >= 4 is 24.5 Å². The molecule has 0 aliphatic heterocycles. The first-order chi connectivity index (χ1) is 8.57. The lowest BCUT2D eigenvalue weighted by Crippen LogP contribution is -2.26. The molecule has 2 aromatic rings. The predicted molar refractivity (Wildman–Crippen MR) is 80.9 cm³/mol. The van der Waals surface area contributed by atoms with Gasteiger partial charge in [0.1, 0.15) is 0 Å². The van der Waals surface area contributed by atoms with Crippen molar-refractivity contribution in [2.45, 2.75) is 18.6 Å². The molecule has 1 nitrogen and oxygen atoms in total. The van der Waals surface area contributed by atoms with Crippen LogP contribution in [0.1, 0.15) is 16.7 Å². The SMILES string of the molecule is C[Si](C)(Cl)C1C=Cc2c1cccc2-n1cccc1. The largest absolute Gasteiger partial charge is 0.323 e. The third-order valence-electron chi connectivity index (χ3n) is 3.53. The van der Waals surface area contributed by atoms with Crippen LogP contribution in [0.25, 0.3) is 11.8 Å². The molecule has 1 aliphatic carbocycles. The maximum Gasteiger partial charge on any atom is 0.161 e. The van der Waals surface area contributed by atoms with E-state index in [9.17, 15) is 0 Å². The van der Waals surface area contributed by atoms with Gasteiger partial charge in [0.25, 0.3) is 0 Å². The predicted octanol–water partition coefficient (Wildman–Crippen LogP) is 4.57. The number of benzene rings is 1. The lowest BCUT2D eigenvalue weighted by Gasteiger charge is -2.22. The van der Waals surface area contributed by atoms with Crippen LogP contribution >= 0.6 is 11.1 Å². The average Bonchev–Trinajstić information content (AvgIpc) is 2.96. The fourth-order valence-electron chi connectivity index (χ4n) is 2.64. The summed E-state index contributed by atoms with van der Waals surface area (Å²) in [5.74, 6) is 0. The normalized spacial score (nSPS) is 18.1. The first-order valence-corrected chi connectivity index (χ1v) is 10.3. The van der Waals surface area contributed by atoms with Crippen molar-refractivity contribution in [3.8, 4) is 5.69 Å². The molecule has 1 aliphatic rings. The molecule has 0 fully saturated rings. The Morgan fingerprint density at radius 3 is 2.50 bits per heavy atom. The first-order valence-electron chi connectivity index (χ1n) is 6.21. The zero-order valence-electron chi connectivity index (χ0n) is 10.6. The molecule has 0 bridgehead atoms. The van der Waals surface area contributed by atoms with Gasteiger partial charge in [-0.25, -0.2) is 0 Å². The van der Waals surface area contributed by atoms with Crippen LogP contribution in [0.3, 0.4) is 0 Å². The van der Waals surface area contributed by atoms with Gasteiger partial charge in [0.05, 0.1) is 5.69 Å². The molecular weight excluding hydrogens is 258 g/mol. The second kappa shape index (κ2) is 4.14. The van der Waals surface area contributed by atoms with Crippen LogP contribution in [-0.2, 0) is 0 Å². The summed E-state index contributed by atoms with van der Waals surface area (Å²) in [4.78, 5) is 0. The van der Waals surface area contributed by atoms with Crippen molar-refractivity contribution in [1.29, 1.82) is 0 Å². The molecule has 18 heavy (non-hydrogen) atoms. The van der Waals surface area contributed by atoms with E-state index in [2.05, 4.69) is 72.5 Å². The fourth-order valence-corrected chi connectivity index (χ4v) is 4.75. The summed E-state index contributed by atoms with van der Waals surface area (Å²) in [5.41, 5.74) is 4.36. The van der Waals surface area contributed by atoms with Gasteiger partial charge in [0.2, 0.25) is 0 Å². The number of allylic oxidation sites excluding steroid dienone is 1. The van der Waals surface area contributed by atoms with E-state index >= 15 is 0 Å². The highest BCUT2D eigenvalue weighted by molar-refractivity contribution is 7.20. The second-order valence-corrected chi connectivity index (χ2v) is 11.9. The number of aromatic nitrogens is 1. The summed E-state index contributed by atoms with van der Waals surface area (Å²) < 4.78 is 2.16. The average molecular weight is 274 g/mol. The molecule has 1 aromatic heterocycles. The topological polar surface area (TPSA) is 4.93 Å². The molecule has 0 amide bonds. The van der Waals surface area contributed by atoms with E-state index < -0.39 is 7.38 Å². The van der Waals surface area contributed by atoms with Gasteiger partial charge in [0.15, 0.2) is 7.38 Å². The summed E-state index contributed by atoms with van der Waals surface area (Å²) in [7, 11) is -1.71. The third-order valence-corrected chi connectivity index (χ3v) is 6.22. The van der Waals surface area contributed by atoms with Gasteiger partial charge in [-0.2, -0.15) is 11.1 Å². The van der Waals surface area contributed by atoms with E-state index in [0.29, 0.717) is 5.54 Å². The molecule has 3 rings (SSSR count). The van der Waals surface area contributed by atoms with Gasteiger partial charge in [-0.3, -0.25) is 0 Å². The molecule has 0 spiro atoms. The first kappa shape index (κ1) is 11.8. The Morgan fingerprint density at radius 1 is 1.11 bits per heavy atom. The van der Waals surface area contributed by atoms with Gasteiger partial charge in [-0.15, -0.1) is 0 Å². The molecule has 0 saturated heterocycles. The number of nitrogens with zero attached hydrogens (tertiary/aromatic N) is 1. The quantitative estimate of drug-likeness (QED) is 0.558. The van der Waals surface area contributed by atoms with Crippen molar-refractivity contribution in [2.24, 2.45) is 0 Å². The lowest BCUT2D eigenvalue weighted by atomic mass is 10.1. The second-order valence-electron chi connectivity index (χ2n) is 5.27. The minimum atomic E-state index is -1.71. The summed E-state index contributed by atoms with van der Waals surface area (Å²) in [6, 6.07) is 10.6. The van der Waals surface area contributed by atoms with Gasteiger partial charge in [-0.1, -0.05) is 37.4 Å². The van der Waals surface area contributed by atoms with Crippen molar-refractivity contribution in [2.75, 3.05) is 0 Å². The molecular formula is C15H16ClNSi. The van der Waals surface area contributed by atoms with Gasteiger partial charge >= 0.3 is 0 Å². The Hall–Kier alpha value is -1.25. The van der Waals surface area contributed by atoms with Crippen LogP contribution in [-0.4, -0.2) is 12.0 Å². The third kappa shape index (κ3) is 1.86. The lowest BCUT2D eigenvalue weighted by molar-refractivity contribution is 1.06. The van der Waals surface area contributed by atoms with E-state index in [0.717, 1.165) is 0 Å². The molecule has 1 aromatic carbocycles. The zero-order chi connectivity index (χ0) is 12.8. The van der Waals surface area contributed by atoms with Crippen LogP contribution in [0.5, 0.6) is 0 Å². The van der Waals surface area contributed by atoms with E-state index in [1.807, 2.05) is 0 Å². The van der Waals surface area contributed by atoms with Crippen molar-refractivity contribution < 1.29 is 0 Å². The minimum absolute atomic E-state index is 0.421. The Kier molecular flexibility index (Phi) is 2.72. The highest BCUT2D eigenvalue weighted by Gasteiger charge is 2.33. The monoisotopic (exact) mass is 273 g/mol. The minimum Gasteiger partial charge on any atom is -0.323 e. The molecule has 1 unspecified atom stereocenters. The number of hydrogen-bond donors (Lipinski definition) is 0. The summed E-state index contributed by atoms with van der Waals surface area (Å²) in [6.07, 6.45) is 8.67. The van der Waals surface area contributed by atoms with Crippen molar-refractivity contribution in [3.63, 3.8) is 0 Å². The highest BCUT2D eigenvalue weighted by Crippen LogP contribution is 2.40. The highest BCUT2D eigenvalue weighted by atomic mass is 35.6. The maximum atomic E-state index is 6.63. The van der Waals surface area contributed by atoms with Crippen molar-refractivity contribution in [1.82, 2.24) is 4.57 Å². The van der Waals surface area contributed by atoms with Crippen LogP contribution in [0.4, 0.5) is 0 Å². The van der Waals surface area contributed by atoms with Gasteiger partial charge in [0, 0.05) is 23.5 Å².